The topological polar surface area (TPSA) is 73.9 Å². The van der Waals surface area contributed by atoms with E-state index in [1.807, 2.05) is 0 Å². The van der Waals surface area contributed by atoms with E-state index in [2.05, 4.69) is 51.6 Å². The van der Waals surface area contributed by atoms with Gasteiger partial charge < -0.3 is 20.3 Å². The number of esters is 1. The molecule has 2 amide bonds. The second kappa shape index (κ2) is 9.40. The summed E-state index contributed by atoms with van der Waals surface area (Å²) in [5.41, 5.74) is 3.88. The van der Waals surface area contributed by atoms with Gasteiger partial charge in [0.05, 0.1) is 18.7 Å². The molecule has 0 spiro atoms. The number of anilines is 1. The van der Waals surface area contributed by atoms with Gasteiger partial charge in [0.2, 0.25) is 0 Å². The van der Waals surface area contributed by atoms with Crippen LogP contribution in [0.4, 0.5) is 14.9 Å². The molecule has 2 aliphatic heterocycles. The van der Waals surface area contributed by atoms with Crippen molar-refractivity contribution in [2.45, 2.75) is 13.0 Å². The average molecular weight is 439 g/mol. The molecule has 0 bridgehead atoms. The standard InChI is InChI=1S/C24H27FN4O3/c1-16-3-9-19(10-4-16)29-13-11-28(12-14-29)15-20-21(23(30)32-2)22(27-24(31)26-20)17-5-7-18(25)8-6-17/h3-10,22H,11-15H2,1-2H3,(H2,26,27,31)/t22-/m1/s1. The molecule has 168 valence electrons. The first-order chi connectivity index (χ1) is 15.4. The normalized spacial score (nSPS) is 19.4. The van der Waals surface area contributed by atoms with Crippen molar-refractivity contribution in [2.75, 3.05) is 44.7 Å². The van der Waals surface area contributed by atoms with Crippen molar-refractivity contribution in [3.63, 3.8) is 0 Å². The molecular weight excluding hydrogens is 411 g/mol. The summed E-state index contributed by atoms with van der Waals surface area (Å²) in [7, 11) is 1.31. The molecule has 2 heterocycles. The summed E-state index contributed by atoms with van der Waals surface area (Å²) in [6.07, 6.45) is 0. The smallest absolute Gasteiger partial charge is 0.338 e. The van der Waals surface area contributed by atoms with Crippen LogP contribution in [0.3, 0.4) is 0 Å². The van der Waals surface area contributed by atoms with Crippen LogP contribution in [0, 0.1) is 12.7 Å². The van der Waals surface area contributed by atoms with Crippen molar-refractivity contribution in [3.05, 3.63) is 76.7 Å². The minimum absolute atomic E-state index is 0.333. The average Bonchev–Trinajstić information content (AvgIpc) is 2.80. The molecule has 0 radical (unpaired) electrons. The number of rotatable bonds is 5. The summed E-state index contributed by atoms with van der Waals surface area (Å²) in [4.78, 5) is 29.6. The highest BCUT2D eigenvalue weighted by Crippen LogP contribution is 2.28. The summed E-state index contributed by atoms with van der Waals surface area (Å²) in [6.45, 7) is 5.75. The first kappa shape index (κ1) is 21.8. The Balaban J connectivity index is 1.53. The van der Waals surface area contributed by atoms with Gasteiger partial charge in [-0.05, 0) is 36.8 Å². The van der Waals surface area contributed by atoms with E-state index < -0.39 is 18.0 Å². The number of carbonyl (C=O) groups is 2. The molecule has 1 saturated heterocycles. The summed E-state index contributed by atoms with van der Waals surface area (Å²) >= 11 is 0. The third kappa shape index (κ3) is 4.75. The molecule has 7 nitrogen and oxygen atoms in total. The molecule has 0 unspecified atom stereocenters. The highest BCUT2D eigenvalue weighted by atomic mass is 19.1. The Kier molecular flexibility index (Phi) is 6.41. The van der Waals surface area contributed by atoms with Crippen LogP contribution in [0.2, 0.25) is 0 Å². The molecule has 4 rings (SSSR count). The Hall–Kier alpha value is -3.39. The number of nitrogens with zero attached hydrogens (tertiary/aromatic N) is 2. The number of carbonyl (C=O) groups excluding carboxylic acids is 2. The van der Waals surface area contributed by atoms with Gasteiger partial charge >= 0.3 is 12.0 Å². The van der Waals surface area contributed by atoms with Gasteiger partial charge in [0, 0.05) is 44.1 Å². The number of aryl methyl sites for hydroxylation is 1. The molecule has 2 N–H and O–H groups in total. The van der Waals surface area contributed by atoms with Gasteiger partial charge in [-0.3, -0.25) is 4.90 Å². The maximum atomic E-state index is 13.4. The van der Waals surface area contributed by atoms with E-state index in [0.29, 0.717) is 23.4 Å². The number of ether oxygens (including phenoxy) is 1. The van der Waals surface area contributed by atoms with Crippen LogP contribution in [-0.2, 0) is 9.53 Å². The number of methoxy groups -OCH3 is 1. The van der Waals surface area contributed by atoms with E-state index in [1.165, 1.54) is 30.5 Å². The lowest BCUT2D eigenvalue weighted by Gasteiger charge is -2.38. The van der Waals surface area contributed by atoms with E-state index in [-0.39, 0.29) is 5.82 Å². The predicted octanol–water partition coefficient (Wildman–Crippen LogP) is 2.74. The second-order valence-electron chi connectivity index (χ2n) is 8.07. The molecule has 1 atom stereocenters. The summed E-state index contributed by atoms with van der Waals surface area (Å²) in [6, 6.07) is 13.1. The van der Waals surface area contributed by atoms with Gasteiger partial charge in [-0.2, -0.15) is 0 Å². The second-order valence-corrected chi connectivity index (χ2v) is 8.07. The number of hydrogen-bond acceptors (Lipinski definition) is 5. The predicted molar refractivity (Wildman–Crippen MR) is 120 cm³/mol. The van der Waals surface area contributed by atoms with Gasteiger partial charge in [0.15, 0.2) is 0 Å². The van der Waals surface area contributed by atoms with E-state index in [4.69, 9.17) is 4.74 Å². The van der Waals surface area contributed by atoms with Gasteiger partial charge in [-0.15, -0.1) is 0 Å². The lowest BCUT2D eigenvalue weighted by Crippen LogP contribution is -2.51. The van der Waals surface area contributed by atoms with Crippen LogP contribution < -0.4 is 15.5 Å². The fourth-order valence-electron chi connectivity index (χ4n) is 4.14. The van der Waals surface area contributed by atoms with E-state index in [9.17, 15) is 14.0 Å². The van der Waals surface area contributed by atoms with Crippen LogP contribution in [-0.4, -0.2) is 56.7 Å². The SMILES string of the molecule is COC(=O)C1=C(CN2CCN(c3ccc(C)cc3)CC2)NC(=O)N[C@@H]1c1ccc(F)cc1. The van der Waals surface area contributed by atoms with Gasteiger partial charge in [0.1, 0.15) is 5.82 Å². The summed E-state index contributed by atoms with van der Waals surface area (Å²) < 4.78 is 18.4. The van der Waals surface area contributed by atoms with Crippen LogP contribution in [0.15, 0.2) is 59.8 Å². The van der Waals surface area contributed by atoms with Crippen molar-refractivity contribution < 1.29 is 18.7 Å². The quantitative estimate of drug-likeness (QED) is 0.703. The van der Waals surface area contributed by atoms with Gasteiger partial charge in [0.25, 0.3) is 0 Å². The minimum Gasteiger partial charge on any atom is -0.466 e. The highest BCUT2D eigenvalue weighted by Gasteiger charge is 2.34. The van der Waals surface area contributed by atoms with Crippen LogP contribution in [0.25, 0.3) is 0 Å². The molecule has 2 aromatic rings. The highest BCUT2D eigenvalue weighted by molar-refractivity contribution is 5.95. The Labute approximate surface area is 186 Å². The zero-order valence-corrected chi connectivity index (χ0v) is 18.2. The molecule has 0 aromatic heterocycles. The van der Waals surface area contributed by atoms with Crippen molar-refractivity contribution in [1.29, 1.82) is 0 Å². The minimum atomic E-state index is -0.708. The molecule has 1 fully saturated rings. The van der Waals surface area contributed by atoms with Gasteiger partial charge in [-0.25, -0.2) is 14.0 Å². The molecule has 32 heavy (non-hydrogen) atoms. The van der Waals surface area contributed by atoms with E-state index in [0.717, 1.165) is 26.2 Å². The fraction of sp³-hybridized carbons (Fsp3) is 0.333. The molecule has 0 aliphatic carbocycles. The number of halogens is 1. The number of amides is 2. The molecule has 8 heteroatoms. The Morgan fingerprint density at radius 1 is 1.06 bits per heavy atom. The van der Waals surface area contributed by atoms with Crippen LogP contribution in [0.5, 0.6) is 0 Å². The number of hydrogen-bond donors (Lipinski definition) is 2. The van der Waals surface area contributed by atoms with Crippen molar-refractivity contribution in [3.8, 4) is 0 Å². The molecular formula is C24H27FN4O3. The zero-order chi connectivity index (χ0) is 22.7. The number of benzene rings is 2. The van der Waals surface area contributed by atoms with Crippen LogP contribution >= 0.6 is 0 Å². The summed E-state index contributed by atoms with van der Waals surface area (Å²) in [5.74, 6) is -0.913. The van der Waals surface area contributed by atoms with Crippen LogP contribution in [0.1, 0.15) is 17.2 Å². The maximum absolute atomic E-state index is 13.4. The number of nitrogens with one attached hydrogen (secondary N) is 2. The van der Waals surface area contributed by atoms with Gasteiger partial charge in [-0.1, -0.05) is 29.8 Å². The fourth-order valence-corrected chi connectivity index (χ4v) is 4.14. The third-order valence-electron chi connectivity index (χ3n) is 5.92. The first-order valence-corrected chi connectivity index (χ1v) is 10.6. The largest absolute Gasteiger partial charge is 0.466 e. The monoisotopic (exact) mass is 438 g/mol. The van der Waals surface area contributed by atoms with E-state index in [1.54, 1.807) is 12.1 Å². The Morgan fingerprint density at radius 2 is 1.72 bits per heavy atom. The Bertz CT molecular complexity index is 1010. The zero-order valence-electron chi connectivity index (χ0n) is 18.2. The molecule has 2 aliphatic rings. The number of urea groups is 1. The lowest BCUT2D eigenvalue weighted by atomic mass is 9.95. The Morgan fingerprint density at radius 3 is 2.34 bits per heavy atom. The molecule has 0 saturated carbocycles. The van der Waals surface area contributed by atoms with Crippen molar-refractivity contribution in [1.82, 2.24) is 15.5 Å². The van der Waals surface area contributed by atoms with Crippen molar-refractivity contribution in [2.24, 2.45) is 0 Å². The first-order valence-electron chi connectivity index (χ1n) is 10.6. The lowest BCUT2D eigenvalue weighted by molar-refractivity contribution is -0.136. The maximum Gasteiger partial charge on any atom is 0.338 e. The molecule has 2 aromatic carbocycles. The van der Waals surface area contributed by atoms with E-state index >= 15 is 0 Å². The van der Waals surface area contributed by atoms with Crippen molar-refractivity contribution >= 4 is 17.7 Å². The third-order valence-corrected chi connectivity index (χ3v) is 5.92. The summed E-state index contributed by atoms with van der Waals surface area (Å²) in [5, 5.41) is 5.55. The number of piperazine rings is 1.